The molecule has 0 aliphatic heterocycles. The molecule has 130 valence electrons. The lowest BCUT2D eigenvalue weighted by molar-refractivity contribution is -0.171. The minimum Gasteiger partial charge on any atom is -0.465 e. The Hall–Kier alpha value is -0.790. The van der Waals surface area contributed by atoms with Crippen LogP contribution in [-0.4, -0.2) is 12.6 Å². The minimum atomic E-state index is -0.0833. The van der Waals surface area contributed by atoms with Crippen LogP contribution in [0.4, 0.5) is 0 Å². The second-order valence-electron chi connectivity index (χ2n) is 9.09. The zero-order chi connectivity index (χ0) is 16.4. The Morgan fingerprint density at radius 3 is 2.17 bits per heavy atom. The summed E-state index contributed by atoms with van der Waals surface area (Å²) >= 11 is 0. The lowest BCUT2D eigenvalue weighted by Gasteiger charge is -2.55. The summed E-state index contributed by atoms with van der Waals surface area (Å²) in [7, 11) is 0. The first-order chi connectivity index (χ1) is 11.0. The number of esters is 1. The van der Waals surface area contributed by atoms with Crippen molar-refractivity contribution in [3.05, 3.63) is 11.6 Å². The van der Waals surface area contributed by atoms with Crippen molar-refractivity contribution in [3.8, 4) is 0 Å². The Labute approximate surface area is 142 Å². The van der Waals surface area contributed by atoms with Crippen molar-refractivity contribution < 1.29 is 9.53 Å². The first kappa shape index (κ1) is 17.0. The molecule has 0 heterocycles. The van der Waals surface area contributed by atoms with Crippen LogP contribution in [0.1, 0.15) is 78.6 Å². The summed E-state index contributed by atoms with van der Waals surface area (Å²) in [6, 6.07) is 0. The van der Waals surface area contributed by atoms with Gasteiger partial charge in [0, 0.05) is 0 Å². The van der Waals surface area contributed by atoms with E-state index in [1.165, 1.54) is 31.3 Å². The molecule has 0 saturated heterocycles. The Balaban J connectivity index is 1.42. The maximum Gasteiger partial charge on any atom is 0.312 e. The molecular formula is C21H34O2. The third kappa shape index (κ3) is 4.00. The van der Waals surface area contributed by atoms with Crippen molar-refractivity contribution in [3.63, 3.8) is 0 Å². The SMILES string of the molecule is CC(C)=CCCC(C)CCOC(=O)C12CC3CC(CC(C3)C1)C2. The van der Waals surface area contributed by atoms with Crippen LogP contribution in [0.5, 0.6) is 0 Å². The number of allylic oxidation sites excluding steroid dienone is 2. The highest BCUT2D eigenvalue weighted by molar-refractivity contribution is 5.77. The monoisotopic (exact) mass is 318 g/mol. The third-order valence-corrected chi connectivity index (χ3v) is 6.53. The molecular weight excluding hydrogens is 284 g/mol. The number of carbonyl (C=O) groups is 1. The van der Waals surface area contributed by atoms with Crippen LogP contribution < -0.4 is 0 Å². The highest BCUT2D eigenvalue weighted by Gasteiger charge is 2.55. The van der Waals surface area contributed by atoms with Gasteiger partial charge in [-0.15, -0.1) is 0 Å². The van der Waals surface area contributed by atoms with Crippen LogP contribution in [0.15, 0.2) is 11.6 Å². The molecule has 0 radical (unpaired) electrons. The predicted molar refractivity (Wildman–Crippen MR) is 94.0 cm³/mol. The first-order valence-corrected chi connectivity index (χ1v) is 9.77. The van der Waals surface area contributed by atoms with Gasteiger partial charge in [-0.3, -0.25) is 4.79 Å². The number of hydrogen-bond acceptors (Lipinski definition) is 2. The first-order valence-electron chi connectivity index (χ1n) is 9.77. The van der Waals surface area contributed by atoms with Crippen LogP contribution in [0.25, 0.3) is 0 Å². The zero-order valence-electron chi connectivity index (χ0n) is 15.3. The van der Waals surface area contributed by atoms with Gasteiger partial charge in [0.15, 0.2) is 0 Å². The summed E-state index contributed by atoms with van der Waals surface area (Å²) in [6.45, 7) is 7.20. The molecule has 0 aromatic heterocycles. The third-order valence-electron chi connectivity index (χ3n) is 6.53. The highest BCUT2D eigenvalue weighted by Crippen LogP contribution is 2.60. The molecule has 0 aromatic rings. The summed E-state index contributed by atoms with van der Waals surface area (Å²) < 4.78 is 5.77. The number of carbonyl (C=O) groups excluding carboxylic acids is 1. The standard InChI is InChI=1S/C21H34O2/c1-15(2)5-4-6-16(3)7-8-23-20(22)21-12-17-9-18(13-21)11-19(10-17)14-21/h5,16-19H,4,6-14H2,1-3H3. The number of hydrogen-bond donors (Lipinski definition) is 0. The van der Waals surface area contributed by atoms with Gasteiger partial charge in [-0.1, -0.05) is 18.6 Å². The van der Waals surface area contributed by atoms with Gasteiger partial charge >= 0.3 is 5.97 Å². The van der Waals surface area contributed by atoms with Crippen molar-refractivity contribution in [2.45, 2.75) is 78.6 Å². The van der Waals surface area contributed by atoms with E-state index >= 15 is 0 Å². The Morgan fingerprint density at radius 1 is 1.09 bits per heavy atom. The minimum absolute atomic E-state index is 0.0833. The van der Waals surface area contributed by atoms with Crippen molar-refractivity contribution in [2.24, 2.45) is 29.1 Å². The van der Waals surface area contributed by atoms with Crippen LogP contribution in [0.2, 0.25) is 0 Å². The van der Waals surface area contributed by atoms with Gasteiger partial charge in [-0.05, 0) is 95.3 Å². The predicted octanol–water partition coefficient (Wildman–Crippen LogP) is 5.52. The molecule has 23 heavy (non-hydrogen) atoms. The molecule has 4 bridgehead atoms. The van der Waals surface area contributed by atoms with Gasteiger partial charge in [0.05, 0.1) is 12.0 Å². The normalized spacial score (nSPS) is 35.9. The van der Waals surface area contributed by atoms with Crippen molar-refractivity contribution in [2.75, 3.05) is 6.61 Å². The van der Waals surface area contributed by atoms with E-state index < -0.39 is 0 Å². The summed E-state index contributed by atoms with van der Waals surface area (Å²) in [5.74, 6) is 3.23. The van der Waals surface area contributed by atoms with E-state index in [0.717, 1.165) is 49.9 Å². The summed E-state index contributed by atoms with van der Waals surface area (Å²) in [5, 5.41) is 0. The maximum absolute atomic E-state index is 12.7. The molecule has 4 fully saturated rings. The summed E-state index contributed by atoms with van der Waals surface area (Å²) in [5.41, 5.74) is 1.31. The van der Waals surface area contributed by atoms with Crippen LogP contribution in [-0.2, 0) is 9.53 Å². The second kappa shape index (κ2) is 6.99. The van der Waals surface area contributed by atoms with Gasteiger partial charge in [-0.25, -0.2) is 0 Å². The highest BCUT2D eigenvalue weighted by atomic mass is 16.5. The molecule has 0 spiro atoms. The molecule has 0 N–H and O–H groups in total. The van der Waals surface area contributed by atoms with E-state index in [-0.39, 0.29) is 11.4 Å². The Morgan fingerprint density at radius 2 is 1.65 bits per heavy atom. The molecule has 2 nitrogen and oxygen atoms in total. The van der Waals surface area contributed by atoms with E-state index in [9.17, 15) is 4.79 Å². The Kier molecular flexibility index (Phi) is 5.18. The maximum atomic E-state index is 12.7. The van der Waals surface area contributed by atoms with Crippen LogP contribution in [0, 0.1) is 29.1 Å². The van der Waals surface area contributed by atoms with E-state index in [1.54, 1.807) is 0 Å². The molecule has 0 aromatic carbocycles. The van der Waals surface area contributed by atoms with Gasteiger partial charge in [0.1, 0.15) is 0 Å². The fraction of sp³-hybridized carbons (Fsp3) is 0.857. The Bertz CT molecular complexity index is 423. The molecule has 2 heteroatoms. The number of ether oxygens (including phenoxy) is 1. The molecule has 0 amide bonds. The fourth-order valence-electron chi connectivity index (χ4n) is 5.67. The van der Waals surface area contributed by atoms with E-state index in [1.807, 2.05) is 0 Å². The molecule has 4 aliphatic rings. The lowest BCUT2D eigenvalue weighted by atomic mass is 9.49. The smallest absolute Gasteiger partial charge is 0.312 e. The van der Waals surface area contributed by atoms with E-state index in [0.29, 0.717) is 12.5 Å². The molecule has 4 aliphatic carbocycles. The molecule has 1 atom stereocenters. The second-order valence-corrected chi connectivity index (χ2v) is 9.09. The summed E-state index contributed by atoms with van der Waals surface area (Å²) in [6.07, 6.45) is 13.2. The van der Waals surface area contributed by atoms with Crippen LogP contribution in [0.3, 0.4) is 0 Å². The number of rotatable bonds is 7. The quantitative estimate of drug-likeness (QED) is 0.456. The van der Waals surface area contributed by atoms with Gasteiger partial charge in [0.2, 0.25) is 0 Å². The van der Waals surface area contributed by atoms with Gasteiger partial charge in [-0.2, -0.15) is 0 Å². The van der Waals surface area contributed by atoms with Crippen molar-refractivity contribution in [1.82, 2.24) is 0 Å². The van der Waals surface area contributed by atoms with Gasteiger partial charge in [0.25, 0.3) is 0 Å². The fourth-order valence-corrected chi connectivity index (χ4v) is 5.67. The average Bonchev–Trinajstić information content (AvgIpc) is 2.45. The lowest BCUT2D eigenvalue weighted by Crippen LogP contribution is -2.50. The average molecular weight is 319 g/mol. The molecule has 4 rings (SSSR count). The van der Waals surface area contributed by atoms with E-state index in [4.69, 9.17) is 4.74 Å². The zero-order valence-corrected chi connectivity index (χ0v) is 15.3. The largest absolute Gasteiger partial charge is 0.465 e. The topological polar surface area (TPSA) is 26.3 Å². The van der Waals surface area contributed by atoms with Crippen molar-refractivity contribution in [1.29, 1.82) is 0 Å². The molecule has 4 saturated carbocycles. The summed E-state index contributed by atoms with van der Waals surface area (Å²) in [4.78, 5) is 12.7. The van der Waals surface area contributed by atoms with Crippen molar-refractivity contribution >= 4 is 5.97 Å². The van der Waals surface area contributed by atoms with Gasteiger partial charge < -0.3 is 4.74 Å². The molecule has 1 unspecified atom stereocenters. The van der Waals surface area contributed by atoms with E-state index in [2.05, 4.69) is 26.8 Å². The van der Waals surface area contributed by atoms with Crippen LogP contribution >= 0.6 is 0 Å².